The third-order valence-corrected chi connectivity index (χ3v) is 1.14. The van der Waals surface area contributed by atoms with Crippen molar-refractivity contribution < 1.29 is 10.2 Å². The summed E-state index contributed by atoms with van der Waals surface area (Å²) >= 11 is 0. The summed E-state index contributed by atoms with van der Waals surface area (Å²) in [6, 6.07) is 0. The summed E-state index contributed by atoms with van der Waals surface area (Å²) in [5, 5.41) is 2.33. The van der Waals surface area contributed by atoms with Gasteiger partial charge in [0.1, 0.15) is 13.1 Å². The maximum absolute atomic E-state index is 2.33. The Morgan fingerprint density at radius 1 is 1.38 bits per heavy atom. The summed E-state index contributed by atoms with van der Waals surface area (Å²) < 4.78 is 0. The molecule has 50 valence electrons. The molecule has 0 unspecified atom stereocenters. The highest BCUT2D eigenvalue weighted by atomic mass is 15.1. The molecule has 0 radical (unpaired) electrons. The van der Waals surface area contributed by atoms with Crippen molar-refractivity contribution in [3.8, 4) is 0 Å². The molecule has 0 aliphatic heterocycles. The van der Waals surface area contributed by atoms with Gasteiger partial charge in [-0.1, -0.05) is 0 Å². The van der Waals surface area contributed by atoms with Crippen LogP contribution in [0.15, 0.2) is 0 Å². The first-order valence-electron chi connectivity index (χ1n) is 3.38. The zero-order valence-electron chi connectivity index (χ0n) is 6.20. The van der Waals surface area contributed by atoms with E-state index < -0.39 is 0 Å². The molecule has 0 rings (SSSR count). The summed E-state index contributed by atoms with van der Waals surface area (Å²) in [4.78, 5) is 1.54. The Balaban J connectivity index is 2.72. The quantitative estimate of drug-likeness (QED) is 0.388. The largest absolute Gasteiger partial charge is 0.342 e. The van der Waals surface area contributed by atoms with Gasteiger partial charge in [0.25, 0.3) is 0 Å². The van der Waals surface area contributed by atoms with Crippen LogP contribution in [0, 0.1) is 0 Å². The highest BCUT2D eigenvalue weighted by molar-refractivity contribution is 4.12. The molecule has 2 heteroatoms. The lowest BCUT2D eigenvalue weighted by molar-refractivity contribution is -0.874. The smallest absolute Gasteiger partial charge is 0.126 e. The second-order valence-electron chi connectivity index (χ2n) is 2.44. The van der Waals surface area contributed by atoms with Crippen molar-refractivity contribution in [2.75, 3.05) is 33.7 Å². The fourth-order valence-corrected chi connectivity index (χ4v) is 0.595. The standard InChI is InChI=1S/C6H16N2/c1-4-7-5-6-8(2)3/h7H,4-6H2,1-3H3/p+2. The fraction of sp³-hybridized carbons (Fsp3) is 1.00. The normalized spacial score (nSPS) is 10.5. The Hall–Kier alpha value is -0.0800. The van der Waals surface area contributed by atoms with Crippen molar-refractivity contribution in [1.82, 2.24) is 0 Å². The van der Waals surface area contributed by atoms with Gasteiger partial charge in [-0.15, -0.1) is 0 Å². The molecule has 3 N–H and O–H groups in total. The van der Waals surface area contributed by atoms with Crippen molar-refractivity contribution in [1.29, 1.82) is 0 Å². The lowest BCUT2D eigenvalue weighted by Gasteiger charge is -2.03. The zero-order chi connectivity index (χ0) is 6.41. The van der Waals surface area contributed by atoms with E-state index in [4.69, 9.17) is 0 Å². The molecule has 0 atom stereocenters. The molecule has 0 amide bonds. The van der Waals surface area contributed by atoms with Crippen LogP contribution in [0.1, 0.15) is 6.92 Å². The van der Waals surface area contributed by atoms with E-state index >= 15 is 0 Å². The van der Waals surface area contributed by atoms with Crippen LogP contribution in [0.5, 0.6) is 0 Å². The van der Waals surface area contributed by atoms with Gasteiger partial charge in [-0.2, -0.15) is 0 Å². The van der Waals surface area contributed by atoms with Gasteiger partial charge in [-0.3, -0.25) is 0 Å². The molecule has 8 heavy (non-hydrogen) atoms. The second-order valence-corrected chi connectivity index (χ2v) is 2.44. The van der Waals surface area contributed by atoms with Crippen molar-refractivity contribution in [2.45, 2.75) is 6.92 Å². The van der Waals surface area contributed by atoms with Crippen LogP contribution in [-0.2, 0) is 0 Å². The molecule has 2 nitrogen and oxygen atoms in total. The minimum atomic E-state index is 1.22. The third-order valence-electron chi connectivity index (χ3n) is 1.14. The number of nitrogens with one attached hydrogen (secondary N) is 1. The van der Waals surface area contributed by atoms with Crippen molar-refractivity contribution in [3.05, 3.63) is 0 Å². The number of quaternary nitrogens is 2. The van der Waals surface area contributed by atoms with Crippen LogP contribution in [0.2, 0.25) is 0 Å². The maximum Gasteiger partial charge on any atom is 0.126 e. The van der Waals surface area contributed by atoms with Crippen LogP contribution >= 0.6 is 0 Å². The molecular weight excluding hydrogens is 100 g/mol. The molecule has 0 aromatic carbocycles. The van der Waals surface area contributed by atoms with Crippen LogP contribution in [0.3, 0.4) is 0 Å². The Morgan fingerprint density at radius 3 is 2.38 bits per heavy atom. The number of hydrogen-bond donors (Lipinski definition) is 2. The van der Waals surface area contributed by atoms with Gasteiger partial charge in [-0.25, -0.2) is 0 Å². The number of hydrogen-bond acceptors (Lipinski definition) is 0. The Labute approximate surface area is 51.9 Å². The summed E-state index contributed by atoms with van der Waals surface area (Å²) in [6.07, 6.45) is 0. The van der Waals surface area contributed by atoms with E-state index in [0.717, 1.165) is 0 Å². The van der Waals surface area contributed by atoms with Crippen molar-refractivity contribution in [2.24, 2.45) is 0 Å². The first-order chi connectivity index (χ1) is 3.77. The van der Waals surface area contributed by atoms with Gasteiger partial charge in [0, 0.05) is 0 Å². The Bertz CT molecular complexity index is 43.8. The molecule has 0 spiro atoms. The fourth-order valence-electron chi connectivity index (χ4n) is 0.595. The molecule has 0 bridgehead atoms. The van der Waals surface area contributed by atoms with E-state index in [0.29, 0.717) is 0 Å². The SMILES string of the molecule is CC[NH2+]CC[NH+](C)C. The second kappa shape index (κ2) is 5.06. The molecule has 0 saturated carbocycles. The van der Waals surface area contributed by atoms with Gasteiger partial charge in [0.15, 0.2) is 0 Å². The summed E-state index contributed by atoms with van der Waals surface area (Å²) in [5.41, 5.74) is 0. The third kappa shape index (κ3) is 5.92. The van der Waals surface area contributed by atoms with E-state index in [9.17, 15) is 0 Å². The van der Waals surface area contributed by atoms with E-state index in [1.54, 1.807) is 0 Å². The lowest BCUT2D eigenvalue weighted by atomic mass is 10.5. The van der Waals surface area contributed by atoms with Gasteiger partial charge in [-0.05, 0) is 6.92 Å². The Kier molecular flexibility index (Phi) is 5.01. The molecule has 0 aromatic rings. The van der Waals surface area contributed by atoms with Gasteiger partial charge < -0.3 is 10.2 Å². The molecule has 0 aliphatic rings. The maximum atomic E-state index is 2.33. The number of rotatable bonds is 4. The molecular formula is C6H18N2+2. The van der Waals surface area contributed by atoms with Gasteiger partial charge in [0.2, 0.25) is 0 Å². The van der Waals surface area contributed by atoms with Crippen LogP contribution in [-0.4, -0.2) is 33.7 Å². The topological polar surface area (TPSA) is 21.1 Å². The molecule has 0 aromatic heterocycles. The monoisotopic (exact) mass is 118 g/mol. The average Bonchev–Trinajstić information content (AvgIpc) is 1.66. The minimum absolute atomic E-state index is 1.22. The molecule has 0 saturated heterocycles. The first-order valence-corrected chi connectivity index (χ1v) is 3.38. The van der Waals surface area contributed by atoms with E-state index in [1.165, 1.54) is 24.5 Å². The molecule has 0 aliphatic carbocycles. The molecule has 0 fully saturated rings. The van der Waals surface area contributed by atoms with E-state index in [1.807, 2.05) is 0 Å². The van der Waals surface area contributed by atoms with Crippen LogP contribution < -0.4 is 10.2 Å². The van der Waals surface area contributed by atoms with Crippen LogP contribution in [0.4, 0.5) is 0 Å². The average molecular weight is 118 g/mol. The summed E-state index contributed by atoms with van der Waals surface area (Å²) in [5.74, 6) is 0. The van der Waals surface area contributed by atoms with Gasteiger partial charge >= 0.3 is 0 Å². The highest BCUT2D eigenvalue weighted by Crippen LogP contribution is 1.33. The van der Waals surface area contributed by atoms with Crippen molar-refractivity contribution in [3.63, 3.8) is 0 Å². The van der Waals surface area contributed by atoms with Crippen molar-refractivity contribution >= 4 is 0 Å². The van der Waals surface area contributed by atoms with E-state index in [-0.39, 0.29) is 0 Å². The molecule has 0 heterocycles. The summed E-state index contributed by atoms with van der Waals surface area (Å²) in [6.45, 7) is 5.94. The Morgan fingerprint density at radius 2 is 2.00 bits per heavy atom. The number of likely N-dealkylation sites (N-methyl/N-ethyl adjacent to an activating group) is 2. The first kappa shape index (κ1) is 7.92. The zero-order valence-corrected chi connectivity index (χ0v) is 6.20. The minimum Gasteiger partial charge on any atom is -0.342 e. The van der Waals surface area contributed by atoms with E-state index in [2.05, 4.69) is 26.3 Å². The van der Waals surface area contributed by atoms with Gasteiger partial charge in [0.05, 0.1) is 20.6 Å². The van der Waals surface area contributed by atoms with Crippen LogP contribution in [0.25, 0.3) is 0 Å². The predicted octanol–water partition coefficient (Wildman–Crippen LogP) is -2.29. The number of nitrogens with two attached hydrogens (primary N) is 1. The highest BCUT2D eigenvalue weighted by Gasteiger charge is 1.91. The lowest BCUT2D eigenvalue weighted by Crippen LogP contribution is -3.09. The summed E-state index contributed by atoms with van der Waals surface area (Å²) in [7, 11) is 4.37. The predicted molar refractivity (Wildman–Crippen MR) is 35.0 cm³/mol.